The minimum Gasteiger partial charge on any atom is -0.497 e. The molecule has 0 aromatic heterocycles. The molecule has 0 saturated carbocycles. The average molecular weight is 500 g/mol. The third kappa shape index (κ3) is 3.94. The van der Waals surface area contributed by atoms with Gasteiger partial charge >= 0.3 is 0 Å². The molecule has 0 unspecified atom stereocenters. The van der Waals surface area contributed by atoms with Crippen molar-refractivity contribution in [2.24, 2.45) is 10.8 Å². The molecule has 0 spiro atoms. The number of fused-ring (bicyclic) bond motifs is 1. The third-order valence-corrected chi connectivity index (χ3v) is 7.97. The van der Waals surface area contributed by atoms with Crippen LogP contribution in [0, 0.1) is 10.8 Å². The smallest absolute Gasteiger partial charge is 0.231 e. The van der Waals surface area contributed by atoms with Gasteiger partial charge in [0, 0.05) is 47.0 Å². The second-order valence-corrected chi connectivity index (χ2v) is 12.2. The van der Waals surface area contributed by atoms with E-state index in [1.165, 1.54) is 0 Å². The number of carbonyl (C=O) groups is 2. The lowest BCUT2D eigenvalue weighted by Crippen LogP contribution is -2.44. The lowest BCUT2D eigenvalue weighted by Gasteiger charge is -2.49. The van der Waals surface area contributed by atoms with Crippen LogP contribution in [0.3, 0.4) is 0 Å². The Kier molecular flexibility index (Phi) is 5.30. The van der Waals surface area contributed by atoms with E-state index in [9.17, 15) is 9.59 Å². The fourth-order valence-electron chi connectivity index (χ4n) is 6.43. The van der Waals surface area contributed by atoms with Gasteiger partial charge in [-0.1, -0.05) is 33.8 Å². The minimum absolute atomic E-state index is 0.108. The Morgan fingerprint density at radius 1 is 0.784 bits per heavy atom. The molecule has 4 aliphatic rings. The monoisotopic (exact) mass is 499 g/mol. The number of ketones is 2. The molecular weight excluding hydrogens is 466 g/mol. The number of methoxy groups -OCH3 is 1. The number of rotatable bonds is 3. The molecule has 6 heteroatoms. The molecular formula is C31H33NO5. The van der Waals surface area contributed by atoms with Crippen LogP contribution in [0.15, 0.2) is 65.0 Å². The molecule has 0 N–H and O–H groups in total. The average Bonchev–Trinajstić information content (AvgIpc) is 3.29. The molecule has 37 heavy (non-hydrogen) atoms. The lowest BCUT2D eigenvalue weighted by molar-refractivity contribution is -0.119. The van der Waals surface area contributed by atoms with Gasteiger partial charge in [-0.15, -0.1) is 0 Å². The first-order chi connectivity index (χ1) is 17.6. The highest BCUT2D eigenvalue weighted by Gasteiger charge is 2.49. The van der Waals surface area contributed by atoms with E-state index >= 15 is 0 Å². The second-order valence-electron chi connectivity index (χ2n) is 12.2. The van der Waals surface area contributed by atoms with Crippen LogP contribution >= 0.6 is 0 Å². The summed E-state index contributed by atoms with van der Waals surface area (Å²) in [6.07, 6.45) is 2.39. The predicted octanol–water partition coefficient (Wildman–Crippen LogP) is 6.31. The number of benzene rings is 2. The molecule has 0 saturated heterocycles. The number of carbonyl (C=O) groups excluding carboxylic acids is 2. The van der Waals surface area contributed by atoms with E-state index in [0.717, 1.165) is 52.4 Å². The summed E-state index contributed by atoms with van der Waals surface area (Å²) < 4.78 is 16.6. The fraction of sp³-hybridized carbons (Fsp3) is 0.419. The standard InChI is InChI=1S/C31H33NO5/c1-30(2)13-21-28(23(33)15-30)27(18-6-11-25-26(12-18)37-17-36-25)29-22(14-31(3,4)16-24(29)34)32(21)19-7-9-20(35-5)10-8-19/h6-12,27H,13-17H2,1-5H3. The van der Waals surface area contributed by atoms with Crippen LogP contribution in [0.2, 0.25) is 0 Å². The Morgan fingerprint density at radius 2 is 1.35 bits per heavy atom. The zero-order chi connectivity index (χ0) is 26.1. The van der Waals surface area contributed by atoms with E-state index in [2.05, 4.69) is 32.6 Å². The van der Waals surface area contributed by atoms with Crippen LogP contribution < -0.4 is 19.1 Å². The van der Waals surface area contributed by atoms with E-state index in [4.69, 9.17) is 14.2 Å². The van der Waals surface area contributed by atoms with Crippen LogP contribution in [-0.4, -0.2) is 25.5 Å². The summed E-state index contributed by atoms with van der Waals surface area (Å²) >= 11 is 0. The van der Waals surface area contributed by atoms with E-state index in [1.54, 1.807) is 7.11 Å². The molecule has 2 aliphatic carbocycles. The normalized spacial score (nSPS) is 22.2. The first-order valence-electron chi connectivity index (χ1n) is 12.9. The molecule has 6 nitrogen and oxygen atoms in total. The molecule has 2 aromatic rings. The molecule has 0 atom stereocenters. The number of hydrogen-bond donors (Lipinski definition) is 0. The zero-order valence-electron chi connectivity index (χ0n) is 22.1. The Morgan fingerprint density at radius 3 is 1.92 bits per heavy atom. The highest BCUT2D eigenvalue weighted by atomic mass is 16.7. The molecule has 0 amide bonds. The lowest BCUT2D eigenvalue weighted by atomic mass is 9.63. The molecule has 0 radical (unpaired) electrons. The van der Waals surface area contributed by atoms with E-state index < -0.39 is 5.92 Å². The number of allylic oxidation sites excluding steroid dienone is 4. The maximum absolute atomic E-state index is 14.0. The van der Waals surface area contributed by atoms with Crippen LogP contribution in [0.4, 0.5) is 5.69 Å². The van der Waals surface area contributed by atoms with Crippen molar-refractivity contribution in [3.05, 3.63) is 70.6 Å². The summed E-state index contributed by atoms with van der Waals surface area (Å²) in [5.74, 6) is 1.92. The van der Waals surface area contributed by atoms with Crippen molar-refractivity contribution >= 4 is 17.3 Å². The van der Waals surface area contributed by atoms with Crippen molar-refractivity contribution < 1.29 is 23.8 Å². The molecule has 2 aromatic carbocycles. The van der Waals surface area contributed by atoms with Gasteiger partial charge in [0.2, 0.25) is 6.79 Å². The van der Waals surface area contributed by atoms with E-state index in [0.29, 0.717) is 24.3 Å². The second kappa shape index (κ2) is 8.23. The summed E-state index contributed by atoms with van der Waals surface area (Å²) in [6.45, 7) is 8.77. The fourth-order valence-corrected chi connectivity index (χ4v) is 6.43. The van der Waals surface area contributed by atoms with Crippen LogP contribution in [0.5, 0.6) is 17.2 Å². The summed E-state index contributed by atoms with van der Waals surface area (Å²) in [5, 5.41) is 0. The molecule has 2 heterocycles. The molecule has 0 fully saturated rings. The largest absolute Gasteiger partial charge is 0.497 e. The van der Waals surface area contributed by atoms with E-state index in [1.807, 2.05) is 42.5 Å². The van der Waals surface area contributed by atoms with Crippen molar-refractivity contribution in [1.82, 2.24) is 0 Å². The minimum atomic E-state index is -0.416. The van der Waals surface area contributed by atoms with Gasteiger partial charge in [-0.2, -0.15) is 0 Å². The molecule has 0 bridgehead atoms. The van der Waals surface area contributed by atoms with Crippen molar-refractivity contribution in [3.63, 3.8) is 0 Å². The predicted molar refractivity (Wildman–Crippen MR) is 141 cm³/mol. The van der Waals surface area contributed by atoms with Crippen LogP contribution in [0.1, 0.15) is 64.9 Å². The zero-order valence-corrected chi connectivity index (χ0v) is 22.1. The summed E-state index contributed by atoms with van der Waals surface area (Å²) in [4.78, 5) is 30.1. The molecule has 2 aliphatic heterocycles. The van der Waals surface area contributed by atoms with Crippen molar-refractivity contribution in [3.8, 4) is 17.2 Å². The summed E-state index contributed by atoms with van der Waals surface area (Å²) in [7, 11) is 1.65. The van der Waals surface area contributed by atoms with Crippen LogP contribution in [-0.2, 0) is 9.59 Å². The van der Waals surface area contributed by atoms with Crippen molar-refractivity contribution in [2.45, 2.75) is 59.3 Å². The van der Waals surface area contributed by atoms with Gasteiger partial charge in [0.25, 0.3) is 0 Å². The number of nitrogens with zero attached hydrogens (tertiary/aromatic N) is 1. The highest BCUT2D eigenvalue weighted by Crippen LogP contribution is 2.56. The highest BCUT2D eigenvalue weighted by molar-refractivity contribution is 6.08. The van der Waals surface area contributed by atoms with Gasteiger partial charge in [-0.3, -0.25) is 9.59 Å². The van der Waals surface area contributed by atoms with Gasteiger partial charge in [0.1, 0.15) is 5.75 Å². The topological polar surface area (TPSA) is 65.1 Å². The quantitative estimate of drug-likeness (QED) is 0.493. The Hall–Kier alpha value is -3.54. The Bertz CT molecular complexity index is 1320. The van der Waals surface area contributed by atoms with Gasteiger partial charge in [-0.25, -0.2) is 0 Å². The van der Waals surface area contributed by atoms with Gasteiger partial charge in [0.15, 0.2) is 23.1 Å². The van der Waals surface area contributed by atoms with Crippen molar-refractivity contribution in [2.75, 3.05) is 18.8 Å². The number of ether oxygens (including phenoxy) is 3. The molecule has 6 rings (SSSR count). The maximum Gasteiger partial charge on any atom is 0.231 e. The SMILES string of the molecule is COc1ccc(N2C3=C(C(=O)CC(C)(C)C3)C(c3ccc4c(c3)OCO4)C3=C2CC(C)(C)CC3=O)cc1. The Labute approximate surface area is 217 Å². The third-order valence-electron chi connectivity index (χ3n) is 7.97. The molecule has 192 valence electrons. The van der Waals surface area contributed by atoms with Crippen molar-refractivity contribution in [1.29, 1.82) is 0 Å². The van der Waals surface area contributed by atoms with E-state index in [-0.39, 0.29) is 29.2 Å². The van der Waals surface area contributed by atoms with Gasteiger partial charge < -0.3 is 19.1 Å². The van der Waals surface area contributed by atoms with Gasteiger partial charge in [-0.05, 0) is 65.6 Å². The first-order valence-corrected chi connectivity index (χ1v) is 12.9. The number of anilines is 1. The number of hydrogen-bond acceptors (Lipinski definition) is 6. The Balaban J connectivity index is 1.62. The maximum atomic E-state index is 14.0. The summed E-state index contributed by atoms with van der Waals surface area (Å²) in [5.41, 5.74) is 4.94. The first kappa shape index (κ1) is 23.8. The number of Topliss-reactive ketones (excluding diaryl/α,β-unsaturated/α-hetero) is 2. The summed E-state index contributed by atoms with van der Waals surface area (Å²) in [6, 6.07) is 13.7. The van der Waals surface area contributed by atoms with Gasteiger partial charge in [0.05, 0.1) is 7.11 Å². The van der Waals surface area contributed by atoms with Crippen LogP contribution in [0.25, 0.3) is 0 Å².